The van der Waals surface area contributed by atoms with Gasteiger partial charge in [0.1, 0.15) is 17.3 Å². The number of nitrogens with zero attached hydrogens (tertiary/aromatic N) is 6. The topological polar surface area (TPSA) is 103 Å². The maximum atomic E-state index is 13.2. The Hall–Kier alpha value is -3.68. The van der Waals surface area contributed by atoms with Crippen molar-refractivity contribution in [2.24, 2.45) is 0 Å². The predicted molar refractivity (Wildman–Crippen MR) is 94.9 cm³/mol. The number of hydrogen-bond donors (Lipinski definition) is 1. The highest BCUT2D eigenvalue weighted by Crippen LogP contribution is 2.32. The maximum absolute atomic E-state index is 13.2. The van der Waals surface area contributed by atoms with Crippen molar-refractivity contribution < 1.29 is 13.2 Å². The molecule has 0 spiro atoms. The Morgan fingerprint density at radius 1 is 1.28 bits per heavy atom. The van der Waals surface area contributed by atoms with E-state index >= 15 is 0 Å². The van der Waals surface area contributed by atoms with Crippen LogP contribution in [0.4, 0.5) is 18.9 Å². The summed E-state index contributed by atoms with van der Waals surface area (Å²) in [5.74, 6) is 0. The monoisotopic (exact) mass is 401 g/mol. The lowest BCUT2D eigenvalue weighted by Gasteiger charge is -2.28. The molecule has 1 aromatic carbocycles. The first-order valence-corrected chi connectivity index (χ1v) is 8.67. The summed E-state index contributed by atoms with van der Waals surface area (Å²) in [6, 6.07) is 7.24. The van der Waals surface area contributed by atoms with Crippen molar-refractivity contribution in [1.82, 2.24) is 25.2 Å². The third kappa shape index (κ3) is 3.44. The summed E-state index contributed by atoms with van der Waals surface area (Å²) in [4.78, 5) is 13.6. The molecule has 3 aromatic rings. The third-order valence-electron chi connectivity index (χ3n) is 4.81. The zero-order chi connectivity index (χ0) is 20.6. The Labute approximate surface area is 162 Å². The van der Waals surface area contributed by atoms with Gasteiger partial charge in [-0.3, -0.25) is 4.79 Å². The molecule has 0 saturated carbocycles. The minimum atomic E-state index is -4.45. The van der Waals surface area contributed by atoms with Crippen LogP contribution in [0.1, 0.15) is 28.1 Å². The predicted octanol–water partition coefficient (Wildman–Crippen LogP) is 1.86. The minimum absolute atomic E-state index is 0.0463. The number of aromatic amines is 1. The van der Waals surface area contributed by atoms with E-state index in [1.54, 1.807) is 11.0 Å². The second-order valence-corrected chi connectivity index (χ2v) is 6.54. The van der Waals surface area contributed by atoms with Crippen LogP contribution in [0.2, 0.25) is 0 Å². The number of fused-ring (bicyclic) bond motifs is 1. The van der Waals surface area contributed by atoms with Gasteiger partial charge >= 0.3 is 6.18 Å². The number of benzene rings is 1. The molecule has 1 N–H and O–H groups in total. The SMILES string of the molecule is N#Cc1c(N2CCc3c(nnn3Cc3ccccc3C(F)(F)F)C2)cn[nH]c1=O. The molecular formula is C18H14F3N7O. The van der Waals surface area contributed by atoms with Gasteiger partial charge in [-0.05, 0) is 11.6 Å². The van der Waals surface area contributed by atoms with Gasteiger partial charge in [0.05, 0.1) is 36.2 Å². The van der Waals surface area contributed by atoms with Crippen molar-refractivity contribution in [2.75, 3.05) is 11.4 Å². The molecule has 1 aliphatic heterocycles. The van der Waals surface area contributed by atoms with Gasteiger partial charge in [0.2, 0.25) is 0 Å². The highest BCUT2D eigenvalue weighted by molar-refractivity contribution is 5.57. The normalized spacial score (nSPS) is 13.8. The van der Waals surface area contributed by atoms with Crippen LogP contribution in [0.5, 0.6) is 0 Å². The number of nitrogens with one attached hydrogen (secondary N) is 1. The van der Waals surface area contributed by atoms with Gasteiger partial charge in [-0.1, -0.05) is 23.4 Å². The number of nitriles is 1. The maximum Gasteiger partial charge on any atom is 0.416 e. The van der Waals surface area contributed by atoms with Gasteiger partial charge in [-0.15, -0.1) is 5.10 Å². The van der Waals surface area contributed by atoms with Crippen molar-refractivity contribution in [3.8, 4) is 6.07 Å². The van der Waals surface area contributed by atoms with Crippen LogP contribution >= 0.6 is 0 Å². The van der Waals surface area contributed by atoms with Gasteiger partial charge in [0.15, 0.2) is 0 Å². The summed E-state index contributed by atoms with van der Waals surface area (Å²) in [5, 5.41) is 23.3. The average Bonchev–Trinajstić information content (AvgIpc) is 3.09. The molecule has 11 heteroatoms. The number of H-pyrrole nitrogens is 1. The molecule has 29 heavy (non-hydrogen) atoms. The van der Waals surface area contributed by atoms with E-state index in [2.05, 4.69) is 20.5 Å². The lowest BCUT2D eigenvalue weighted by Crippen LogP contribution is -2.33. The second-order valence-electron chi connectivity index (χ2n) is 6.54. The number of alkyl halides is 3. The van der Waals surface area contributed by atoms with Crippen LogP contribution in [-0.2, 0) is 25.7 Å². The summed E-state index contributed by atoms with van der Waals surface area (Å²) in [5.41, 5.74) is 0.493. The van der Waals surface area contributed by atoms with Crippen LogP contribution in [0.25, 0.3) is 0 Å². The summed E-state index contributed by atoms with van der Waals surface area (Å²) in [6.45, 7) is 0.672. The van der Waals surface area contributed by atoms with Gasteiger partial charge in [-0.2, -0.15) is 23.5 Å². The Morgan fingerprint density at radius 2 is 2.07 bits per heavy atom. The zero-order valence-corrected chi connectivity index (χ0v) is 14.9. The van der Waals surface area contributed by atoms with Gasteiger partial charge in [-0.25, -0.2) is 9.78 Å². The Morgan fingerprint density at radius 3 is 2.83 bits per heavy atom. The average molecular weight is 401 g/mol. The van der Waals surface area contributed by atoms with Crippen LogP contribution in [-0.4, -0.2) is 31.7 Å². The summed E-state index contributed by atoms with van der Waals surface area (Å²) in [6.07, 6.45) is -2.60. The summed E-state index contributed by atoms with van der Waals surface area (Å²) >= 11 is 0. The molecule has 4 rings (SSSR count). The first-order valence-electron chi connectivity index (χ1n) is 8.67. The smallest absolute Gasteiger partial charge is 0.363 e. The molecule has 0 aliphatic carbocycles. The van der Waals surface area contributed by atoms with Crippen LogP contribution < -0.4 is 10.5 Å². The Balaban J connectivity index is 1.62. The number of halogens is 3. The van der Waals surface area contributed by atoms with E-state index in [0.717, 1.165) is 11.8 Å². The zero-order valence-electron chi connectivity index (χ0n) is 14.9. The van der Waals surface area contributed by atoms with Crippen molar-refractivity contribution in [1.29, 1.82) is 5.26 Å². The minimum Gasteiger partial charge on any atom is -0.363 e. The van der Waals surface area contributed by atoms with Crippen LogP contribution in [0.15, 0.2) is 35.3 Å². The van der Waals surface area contributed by atoms with E-state index in [1.165, 1.54) is 23.0 Å². The van der Waals surface area contributed by atoms with Crippen molar-refractivity contribution in [3.05, 3.63) is 68.9 Å². The molecule has 148 valence electrons. The molecule has 3 heterocycles. The van der Waals surface area contributed by atoms with Gasteiger partial charge in [0.25, 0.3) is 5.56 Å². The number of anilines is 1. The van der Waals surface area contributed by atoms with E-state index in [4.69, 9.17) is 0 Å². The highest BCUT2D eigenvalue weighted by Gasteiger charge is 2.33. The largest absolute Gasteiger partial charge is 0.416 e. The molecule has 2 aromatic heterocycles. The first kappa shape index (κ1) is 18.7. The lowest BCUT2D eigenvalue weighted by atomic mass is 10.1. The summed E-state index contributed by atoms with van der Waals surface area (Å²) in [7, 11) is 0. The Bertz CT molecular complexity index is 1160. The van der Waals surface area contributed by atoms with E-state index in [0.29, 0.717) is 24.3 Å². The van der Waals surface area contributed by atoms with Crippen molar-refractivity contribution in [2.45, 2.75) is 25.7 Å². The molecule has 0 bridgehead atoms. The fourth-order valence-corrected chi connectivity index (χ4v) is 3.43. The molecule has 0 saturated heterocycles. The van der Waals surface area contributed by atoms with Crippen LogP contribution in [0, 0.1) is 11.3 Å². The van der Waals surface area contributed by atoms with Crippen molar-refractivity contribution >= 4 is 5.69 Å². The molecule has 1 aliphatic rings. The van der Waals surface area contributed by atoms with Crippen LogP contribution in [0.3, 0.4) is 0 Å². The molecule has 0 radical (unpaired) electrons. The lowest BCUT2D eigenvalue weighted by molar-refractivity contribution is -0.138. The van der Waals surface area contributed by atoms with Gasteiger partial charge < -0.3 is 4.90 Å². The molecule has 0 atom stereocenters. The first-order chi connectivity index (χ1) is 13.9. The number of aromatic nitrogens is 5. The van der Waals surface area contributed by atoms with E-state index in [1.807, 2.05) is 6.07 Å². The molecule has 0 fully saturated rings. The number of hydrogen-bond acceptors (Lipinski definition) is 6. The van der Waals surface area contributed by atoms with E-state index in [9.17, 15) is 23.2 Å². The number of rotatable bonds is 3. The fraction of sp³-hybridized carbons (Fsp3) is 0.278. The molecule has 0 amide bonds. The summed E-state index contributed by atoms with van der Waals surface area (Å²) < 4.78 is 41.2. The quantitative estimate of drug-likeness (QED) is 0.719. The second kappa shape index (κ2) is 7.05. The molecular weight excluding hydrogens is 387 g/mol. The standard InChI is InChI=1S/C18H14F3N7O/c19-18(20,21)13-4-2-1-3-11(13)9-28-15-5-6-27(10-14(15)24-26-28)16-8-23-25-17(29)12(16)7-22/h1-4,8H,5-6,9-10H2,(H,25,29). The molecule has 0 unspecified atom stereocenters. The fourth-order valence-electron chi connectivity index (χ4n) is 3.43. The van der Waals surface area contributed by atoms with Crippen molar-refractivity contribution in [3.63, 3.8) is 0 Å². The third-order valence-corrected chi connectivity index (χ3v) is 4.81. The molecule has 8 nitrogen and oxygen atoms in total. The Kier molecular flexibility index (Phi) is 4.54. The van der Waals surface area contributed by atoms with E-state index < -0.39 is 17.3 Å². The highest BCUT2D eigenvalue weighted by atomic mass is 19.4. The van der Waals surface area contributed by atoms with Gasteiger partial charge in [0, 0.05) is 13.0 Å². The van der Waals surface area contributed by atoms with E-state index in [-0.39, 0.29) is 24.2 Å².